The van der Waals surface area contributed by atoms with Crippen molar-refractivity contribution in [2.45, 2.75) is 31.7 Å². The fraction of sp³-hybridized carbons (Fsp3) is 0.538. The molecule has 0 radical (unpaired) electrons. The lowest BCUT2D eigenvalue weighted by molar-refractivity contribution is -0.147. The molecule has 1 fully saturated rings. The molecule has 0 aromatic rings. The zero-order valence-corrected chi connectivity index (χ0v) is 10.8. The predicted molar refractivity (Wildman–Crippen MR) is 67.3 cm³/mol. The fourth-order valence-electron chi connectivity index (χ4n) is 2.49. The normalized spacial score (nSPS) is 29.7. The molecule has 108 valence electrons. The van der Waals surface area contributed by atoms with Gasteiger partial charge >= 0.3 is 5.97 Å². The Bertz CT molecular complexity index is 485. The Balaban J connectivity index is 2.00. The molecule has 3 amide bonds. The van der Waals surface area contributed by atoms with Crippen molar-refractivity contribution in [1.82, 2.24) is 10.6 Å². The number of rotatable bonds is 3. The lowest BCUT2D eigenvalue weighted by atomic mass is 9.82. The zero-order chi connectivity index (χ0) is 14.7. The Hall–Kier alpha value is -2.18. The molecule has 1 saturated heterocycles. The van der Waals surface area contributed by atoms with E-state index in [0.29, 0.717) is 12.8 Å². The Morgan fingerprint density at radius 3 is 2.45 bits per heavy atom. The molecule has 0 aromatic carbocycles. The molecule has 0 spiro atoms. The minimum absolute atomic E-state index is 0.170. The summed E-state index contributed by atoms with van der Waals surface area (Å²) in [7, 11) is 0. The summed E-state index contributed by atoms with van der Waals surface area (Å²) in [4.78, 5) is 45.8. The molecule has 0 saturated carbocycles. The Morgan fingerprint density at radius 1 is 1.20 bits per heavy atom. The summed E-state index contributed by atoms with van der Waals surface area (Å²) < 4.78 is 0. The first-order valence-electron chi connectivity index (χ1n) is 6.51. The summed E-state index contributed by atoms with van der Waals surface area (Å²) in [5.41, 5.74) is 0. The third-order valence-electron chi connectivity index (χ3n) is 3.64. The Morgan fingerprint density at radius 2 is 1.85 bits per heavy atom. The van der Waals surface area contributed by atoms with E-state index in [9.17, 15) is 19.2 Å². The second-order valence-electron chi connectivity index (χ2n) is 5.01. The van der Waals surface area contributed by atoms with Crippen molar-refractivity contribution in [3.8, 4) is 0 Å². The van der Waals surface area contributed by atoms with Crippen LogP contribution < -0.4 is 10.6 Å². The number of amides is 3. The minimum atomic E-state index is -1.02. The molecule has 3 atom stereocenters. The van der Waals surface area contributed by atoms with Crippen molar-refractivity contribution in [3.05, 3.63) is 12.2 Å². The van der Waals surface area contributed by atoms with E-state index in [2.05, 4.69) is 10.6 Å². The van der Waals surface area contributed by atoms with E-state index in [0.717, 1.165) is 0 Å². The maximum atomic E-state index is 12.1. The predicted octanol–water partition coefficient (Wildman–Crippen LogP) is -0.425. The van der Waals surface area contributed by atoms with Gasteiger partial charge in [0.15, 0.2) is 0 Å². The van der Waals surface area contributed by atoms with Crippen molar-refractivity contribution < 1.29 is 24.3 Å². The highest BCUT2D eigenvalue weighted by atomic mass is 16.4. The summed E-state index contributed by atoms with van der Waals surface area (Å²) in [6.07, 6.45) is 4.59. The van der Waals surface area contributed by atoms with Crippen LogP contribution in [0.4, 0.5) is 0 Å². The van der Waals surface area contributed by atoms with Crippen molar-refractivity contribution in [3.63, 3.8) is 0 Å². The average Bonchev–Trinajstić information content (AvgIpc) is 2.41. The van der Waals surface area contributed by atoms with E-state index >= 15 is 0 Å². The van der Waals surface area contributed by atoms with E-state index in [1.54, 1.807) is 12.2 Å². The molecule has 1 aliphatic carbocycles. The van der Waals surface area contributed by atoms with Gasteiger partial charge in [-0.2, -0.15) is 0 Å². The maximum absolute atomic E-state index is 12.1. The van der Waals surface area contributed by atoms with Crippen LogP contribution in [-0.4, -0.2) is 34.8 Å². The highest BCUT2D eigenvalue weighted by molar-refractivity contribution is 6.02. The number of imide groups is 1. The van der Waals surface area contributed by atoms with Crippen LogP contribution in [0.2, 0.25) is 0 Å². The molecule has 2 aliphatic rings. The second-order valence-corrected chi connectivity index (χ2v) is 5.01. The molecule has 0 aromatic heterocycles. The third kappa shape index (κ3) is 3.04. The van der Waals surface area contributed by atoms with Crippen molar-refractivity contribution >= 4 is 23.7 Å². The Labute approximate surface area is 115 Å². The van der Waals surface area contributed by atoms with Crippen LogP contribution in [0.25, 0.3) is 0 Å². The van der Waals surface area contributed by atoms with Gasteiger partial charge in [0.25, 0.3) is 0 Å². The molecular weight excluding hydrogens is 264 g/mol. The first-order chi connectivity index (χ1) is 9.49. The smallest absolute Gasteiger partial charge is 0.307 e. The topological polar surface area (TPSA) is 113 Å². The first-order valence-corrected chi connectivity index (χ1v) is 6.51. The van der Waals surface area contributed by atoms with E-state index in [-0.39, 0.29) is 18.7 Å². The van der Waals surface area contributed by atoms with E-state index in [4.69, 9.17) is 5.11 Å². The van der Waals surface area contributed by atoms with Crippen LogP contribution in [0, 0.1) is 11.8 Å². The number of carboxylic acid groups (broad SMARTS) is 1. The average molecular weight is 280 g/mol. The van der Waals surface area contributed by atoms with Gasteiger partial charge in [0.2, 0.25) is 17.7 Å². The molecule has 7 nitrogen and oxygen atoms in total. The Kier molecular flexibility index (Phi) is 4.16. The first kappa shape index (κ1) is 14.2. The van der Waals surface area contributed by atoms with Crippen LogP contribution in [0.1, 0.15) is 25.7 Å². The number of carbonyl (C=O) groups is 4. The second kappa shape index (κ2) is 5.85. The molecule has 0 bridgehead atoms. The SMILES string of the molecule is O=C1CCC(NC(=O)[C@@H]2CC=CC[C@@H]2C(=O)O)C(=O)N1. The molecule has 3 N–H and O–H groups in total. The highest BCUT2D eigenvalue weighted by Crippen LogP contribution is 2.26. The summed E-state index contributed by atoms with van der Waals surface area (Å²) in [5.74, 6) is -3.80. The molecule has 2 rings (SSSR count). The van der Waals surface area contributed by atoms with Gasteiger partial charge in [-0.1, -0.05) is 12.2 Å². The van der Waals surface area contributed by atoms with Gasteiger partial charge in [0.1, 0.15) is 6.04 Å². The van der Waals surface area contributed by atoms with Gasteiger partial charge in [-0.3, -0.25) is 24.5 Å². The number of piperidine rings is 1. The van der Waals surface area contributed by atoms with E-state index < -0.39 is 35.7 Å². The number of hydrogen-bond acceptors (Lipinski definition) is 4. The van der Waals surface area contributed by atoms with Crippen LogP contribution in [0.15, 0.2) is 12.2 Å². The van der Waals surface area contributed by atoms with Crippen molar-refractivity contribution in [2.75, 3.05) is 0 Å². The molecule has 1 heterocycles. The summed E-state index contributed by atoms with van der Waals surface area (Å²) in [5, 5.41) is 13.8. The summed E-state index contributed by atoms with van der Waals surface area (Å²) in [6.45, 7) is 0. The van der Waals surface area contributed by atoms with Crippen LogP contribution in [0.5, 0.6) is 0 Å². The monoisotopic (exact) mass is 280 g/mol. The molecule has 1 aliphatic heterocycles. The molecule has 20 heavy (non-hydrogen) atoms. The molecular formula is C13H16N2O5. The number of allylic oxidation sites excluding steroid dienone is 2. The quantitative estimate of drug-likeness (QED) is 0.480. The lowest BCUT2D eigenvalue weighted by Crippen LogP contribution is -2.54. The van der Waals surface area contributed by atoms with Crippen LogP contribution in [-0.2, 0) is 19.2 Å². The summed E-state index contributed by atoms with van der Waals surface area (Å²) in [6, 6.07) is -0.763. The number of carbonyl (C=O) groups excluding carboxylic acids is 3. The van der Waals surface area contributed by atoms with Crippen molar-refractivity contribution in [2.24, 2.45) is 11.8 Å². The third-order valence-corrected chi connectivity index (χ3v) is 3.64. The minimum Gasteiger partial charge on any atom is -0.481 e. The maximum Gasteiger partial charge on any atom is 0.307 e. The van der Waals surface area contributed by atoms with Gasteiger partial charge < -0.3 is 10.4 Å². The molecule has 7 heteroatoms. The highest BCUT2D eigenvalue weighted by Gasteiger charge is 2.36. The fourth-order valence-corrected chi connectivity index (χ4v) is 2.49. The van der Waals surface area contributed by atoms with Gasteiger partial charge in [-0.25, -0.2) is 0 Å². The lowest BCUT2D eigenvalue weighted by Gasteiger charge is -2.28. The number of aliphatic carboxylic acids is 1. The van der Waals surface area contributed by atoms with Crippen LogP contribution in [0.3, 0.4) is 0 Å². The van der Waals surface area contributed by atoms with Gasteiger partial charge in [0, 0.05) is 6.42 Å². The largest absolute Gasteiger partial charge is 0.481 e. The zero-order valence-electron chi connectivity index (χ0n) is 10.8. The summed E-state index contributed by atoms with van der Waals surface area (Å²) >= 11 is 0. The van der Waals surface area contributed by atoms with Gasteiger partial charge in [-0.15, -0.1) is 0 Å². The number of hydrogen-bond donors (Lipinski definition) is 3. The van der Waals surface area contributed by atoms with E-state index in [1.807, 2.05) is 0 Å². The number of carboxylic acids is 1. The van der Waals surface area contributed by atoms with E-state index in [1.165, 1.54) is 0 Å². The number of nitrogens with one attached hydrogen (secondary N) is 2. The van der Waals surface area contributed by atoms with Crippen molar-refractivity contribution in [1.29, 1.82) is 0 Å². The van der Waals surface area contributed by atoms with Gasteiger partial charge in [-0.05, 0) is 19.3 Å². The van der Waals surface area contributed by atoms with Crippen LogP contribution >= 0.6 is 0 Å². The van der Waals surface area contributed by atoms with Gasteiger partial charge in [0.05, 0.1) is 11.8 Å². The standard InChI is InChI=1S/C13H16N2O5/c16-10-6-5-9(12(18)15-10)14-11(17)7-3-1-2-4-8(7)13(19)20/h1-2,7-9H,3-6H2,(H,14,17)(H,19,20)(H,15,16,18)/t7-,8+,9?/m1/s1. The molecule has 1 unspecified atom stereocenters.